The zero-order valence-electron chi connectivity index (χ0n) is 25.9. The Hall–Kier alpha value is -3.89. The van der Waals surface area contributed by atoms with Gasteiger partial charge in [0.1, 0.15) is 18.1 Å². The van der Waals surface area contributed by atoms with Crippen molar-refractivity contribution in [3.8, 4) is 0 Å². The van der Waals surface area contributed by atoms with Gasteiger partial charge < -0.3 is 33.2 Å². The summed E-state index contributed by atoms with van der Waals surface area (Å²) in [6, 6.07) is 15.3. The molecule has 0 heterocycles. The molecular weight excluding hydrogens is 638 g/mol. The van der Waals surface area contributed by atoms with Crippen LogP contribution in [-0.4, -0.2) is 54.3 Å². The van der Waals surface area contributed by atoms with Gasteiger partial charge in [0.15, 0.2) is 5.96 Å². The molecule has 0 aliphatic heterocycles. The topological polar surface area (TPSA) is 195 Å². The Morgan fingerprint density at radius 2 is 1.09 bits per heavy atom. The molecule has 0 bridgehead atoms. The molecule has 0 aromatic heterocycles. The molecule has 0 saturated heterocycles. The average Bonchev–Trinajstić information content (AvgIpc) is 3.81. The first-order valence-electron chi connectivity index (χ1n) is 15.0. The summed E-state index contributed by atoms with van der Waals surface area (Å²) in [4.78, 5) is 55.9. The van der Waals surface area contributed by atoms with Crippen LogP contribution in [0, 0.1) is 63.7 Å². The molecule has 246 valence electrons. The van der Waals surface area contributed by atoms with E-state index >= 15 is 0 Å². The fourth-order valence-corrected chi connectivity index (χ4v) is 4.54. The predicted molar refractivity (Wildman–Crippen MR) is 177 cm³/mol. The van der Waals surface area contributed by atoms with Gasteiger partial charge in [-0.1, -0.05) is 60.7 Å². The molecule has 11 nitrogen and oxygen atoms in total. The number of guanidine groups is 1. The molecule has 0 spiro atoms. The third kappa shape index (κ3) is 15.0. The Labute approximate surface area is 289 Å². The number of amides is 4. The summed E-state index contributed by atoms with van der Waals surface area (Å²) in [6.07, 6.45) is 17.6. The van der Waals surface area contributed by atoms with Crippen molar-refractivity contribution in [1.29, 1.82) is 0 Å². The molecular formula is C35H41FeN7O4+2. The Balaban J connectivity index is 0.00000117. The van der Waals surface area contributed by atoms with E-state index in [0.717, 1.165) is 11.1 Å². The molecule has 0 unspecified atom stereocenters. The molecule has 2 aliphatic carbocycles. The van der Waals surface area contributed by atoms with Gasteiger partial charge >= 0.3 is 17.1 Å². The van der Waals surface area contributed by atoms with Gasteiger partial charge in [-0.3, -0.25) is 24.2 Å². The van der Waals surface area contributed by atoms with Gasteiger partial charge in [0.05, 0.1) is 5.92 Å². The quantitative estimate of drug-likeness (QED) is 0.0700. The monoisotopic (exact) mass is 679 g/mol. The molecule has 2 saturated carbocycles. The zero-order chi connectivity index (χ0) is 33.1. The van der Waals surface area contributed by atoms with Gasteiger partial charge in [-0.05, 0) is 81.8 Å². The van der Waals surface area contributed by atoms with Gasteiger partial charge in [0, 0.05) is 19.4 Å². The fourth-order valence-electron chi connectivity index (χ4n) is 4.54. The first-order valence-corrected chi connectivity index (χ1v) is 15.0. The van der Waals surface area contributed by atoms with Crippen LogP contribution < -0.4 is 33.2 Å². The number of primary amides is 1. The molecule has 2 aromatic rings. The van der Waals surface area contributed by atoms with Crippen LogP contribution in [0.15, 0.2) is 65.7 Å². The number of benzene rings is 2. The average molecular weight is 680 g/mol. The summed E-state index contributed by atoms with van der Waals surface area (Å²) >= 11 is 0. The number of carbonyl (C=O) groups excluding carboxylic acids is 4. The number of hydrogen-bond donors (Lipinski definition) is 6. The predicted octanol–water partition coefficient (Wildman–Crippen LogP) is 0.889. The van der Waals surface area contributed by atoms with Crippen LogP contribution in [0.5, 0.6) is 0 Å². The summed E-state index contributed by atoms with van der Waals surface area (Å²) in [5, 5.41) is 8.20. The Kier molecular flexibility index (Phi) is 18.2. The molecule has 9 N–H and O–H groups in total. The summed E-state index contributed by atoms with van der Waals surface area (Å²) in [7, 11) is 0. The molecule has 47 heavy (non-hydrogen) atoms. The molecule has 10 radical (unpaired) electrons. The van der Waals surface area contributed by atoms with Crippen LogP contribution in [0.4, 0.5) is 0 Å². The summed E-state index contributed by atoms with van der Waals surface area (Å²) in [6.45, 7) is 0.229. The second-order valence-electron chi connectivity index (χ2n) is 10.5. The van der Waals surface area contributed by atoms with Crippen molar-refractivity contribution < 1.29 is 36.2 Å². The minimum Gasteiger partial charge on any atom is -0.370 e. The number of nitrogens with zero attached hydrogens (tertiary/aromatic N) is 1. The molecule has 2 aromatic carbocycles. The number of carbonyl (C=O) groups is 4. The van der Waals surface area contributed by atoms with E-state index in [4.69, 9.17) is 17.2 Å². The maximum Gasteiger partial charge on any atom is 2.00 e. The van der Waals surface area contributed by atoms with E-state index in [1.54, 1.807) is 25.7 Å². The third-order valence-electron chi connectivity index (χ3n) is 6.91. The van der Waals surface area contributed by atoms with Crippen molar-refractivity contribution >= 4 is 29.6 Å². The minimum absolute atomic E-state index is 0. The number of aliphatic imine (C=N–C) groups is 1. The van der Waals surface area contributed by atoms with Gasteiger partial charge in [-0.15, -0.1) is 0 Å². The van der Waals surface area contributed by atoms with Gasteiger partial charge in [0.25, 0.3) is 0 Å². The summed E-state index contributed by atoms with van der Waals surface area (Å²) < 4.78 is 0. The molecule has 2 fully saturated rings. The van der Waals surface area contributed by atoms with Crippen LogP contribution in [-0.2, 0) is 49.1 Å². The van der Waals surface area contributed by atoms with E-state index in [1.165, 1.54) is 0 Å². The normalized spacial score (nSPS) is 15.8. The van der Waals surface area contributed by atoms with E-state index in [1.807, 2.05) is 92.8 Å². The van der Waals surface area contributed by atoms with E-state index in [-0.39, 0.29) is 48.8 Å². The van der Waals surface area contributed by atoms with E-state index in [9.17, 15) is 19.2 Å². The zero-order valence-corrected chi connectivity index (χ0v) is 27.0. The van der Waals surface area contributed by atoms with Crippen molar-refractivity contribution in [2.24, 2.45) is 22.2 Å². The molecule has 12 heteroatoms. The van der Waals surface area contributed by atoms with Crippen molar-refractivity contribution in [2.75, 3.05) is 6.54 Å². The largest absolute Gasteiger partial charge is 2.00 e. The first-order chi connectivity index (χ1) is 22.2. The number of hydrogen-bond acceptors (Lipinski definition) is 5. The van der Waals surface area contributed by atoms with Crippen LogP contribution >= 0.6 is 0 Å². The van der Waals surface area contributed by atoms with Crippen molar-refractivity contribution in [3.05, 3.63) is 135 Å². The van der Waals surface area contributed by atoms with E-state index in [2.05, 4.69) is 20.9 Å². The van der Waals surface area contributed by atoms with Crippen LogP contribution in [0.25, 0.3) is 0 Å². The number of rotatable bonds is 15. The van der Waals surface area contributed by atoms with Gasteiger partial charge in [-0.2, -0.15) is 0 Å². The molecule has 4 rings (SSSR count). The number of nitrogens with one attached hydrogen (secondary N) is 3. The SMILES string of the molecule is NC(=O)[C@H](Cc1ccccc1)NC(=O)[C@H](CCCN=C(N)N)NC(=O)[C@H](Cc1ccccc1)NC(=O)[C]1[CH][CH][CH][CH]1.[CH]1[CH][CH][CH][CH]1.[Fe+2]. The summed E-state index contributed by atoms with van der Waals surface area (Å²) in [5.74, 6) is -1.97. The Bertz CT molecular complexity index is 1260. The molecule has 3 atom stereocenters. The molecule has 4 amide bonds. The number of nitrogens with two attached hydrogens (primary N) is 3. The van der Waals surface area contributed by atoms with E-state index < -0.39 is 41.8 Å². The van der Waals surface area contributed by atoms with Gasteiger partial charge in [0.2, 0.25) is 23.6 Å². The van der Waals surface area contributed by atoms with Crippen LogP contribution in [0.2, 0.25) is 0 Å². The minimum atomic E-state index is -1.05. The smallest absolute Gasteiger partial charge is 0.370 e. The second kappa shape index (κ2) is 21.8. The van der Waals surface area contributed by atoms with Crippen LogP contribution in [0.3, 0.4) is 0 Å². The van der Waals surface area contributed by atoms with Crippen molar-refractivity contribution in [2.45, 2.75) is 43.8 Å². The maximum atomic E-state index is 13.6. The second-order valence-corrected chi connectivity index (χ2v) is 10.5. The summed E-state index contributed by atoms with van der Waals surface area (Å²) in [5.41, 5.74) is 18.0. The van der Waals surface area contributed by atoms with Crippen molar-refractivity contribution in [3.63, 3.8) is 0 Å². The van der Waals surface area contributed by atoms with E-state index in [0.29, 0.717) is 12.3 Å². The fraction of sp³-hybridized carbons (Fsp3) is 0.229. The van der Waals surface area contributed by atoms with Crippen LogP contribution in [0.1, 0.15) is 24.0 Å². The Morgan fingerprint density at radius 1 is 0.617 bits per heavy atom. The first kappa shape index (κ1) is 39.3. The standard InChI is InChI=1S/C30H36N7O4.C5H5.Fe/c31-26(38)24(18-20-10-3-1-4-11-20)36-28(40)23(16-9-17-34-30(32)33)35-29(41)25(19-21-12-5-2-6-13-21)37-27(39)22-14-7-8-15-22;1-2-4-5-3-1;/h1-8,10-15,23-25H,9,16-19H2,(H2,31,38)(H,35,41)(H,36,40)(H,37,39)(H4,32,33,34);1-5H;/q;;+2/t23-,24-,25-;;/m0../s1. The Morgan fingerprint density at radius 3 is 1.57 bits per heavy atom. The third-order valence-corrected chi connectivity index (χ3v) is 6.91. The molecule has 2 aliphatic rings. The van der Waals surface area contributed by atoms with Gasteiger partial charge in [-0.25, -0.2) is 0 Å². The maximum absolute atomic E-state index is 13.6. The van der Waals surface area contributed by atoms with Crippen molar-refractivity contribution in [1.82, 2.24) is 16.0 Å².